The van der Waals surface area contributed by atoms with Gasteiger partial charge in [0.25, 0.3) is 0 Å². The number of aromatic nitrogens is 1. The summed E-state index contributed by atoms with van der Waals surface area (Å²) in [6, 6.07) is 5.79. The lowest BCUT2D eigenvalue weighted by Gasteiger charge is -2.30. The zero-order valence-corrected chi connectivity index (χ0v) is 15.7. The van der Waals surface area contributed by atoms with Crippen LogP contribution in [0.4, 0.5) is 0 Å². The molecule has 0 saturated carbocycles. The van der Waals surface area contributed by atoms with E-state index in [-0.39, 0.29) is 5.43 Å². The molecule has 136 valence electrons. The molecule has 1 saturated heterocycles. The van der Waals surface area contributed by atoms with Crippen molar-refractivity contribution in [1.29, 1.82) is 0 Å². The molecule has 0 amide bonds. The number of hydrogen-bond donors (Lipinski definition) is 1. The highest BCUT2D eigenvalue weighted by atomic mass is 16.5. The highest BCUT2D eigenvalue weighted by Crippen LogP contribution is 2.21. The van der Waals surface area contributed by atoms with Crippen LogP contribution in [-0.2, 0) is 6.54 Å². The van der Waals surface area contributed by atoms with Gasteiger partial charge in [-0.25, -0.2) is 0 Å². The van der Waals surface area contributed by atoms with Crippen LogP contribution < -0.4 is 10.2 Å². The molecule has 0 aliphatic carbocycles. The number of hydrogen-bond acceptors (Lipinski definition) is 3. The van der Waals surface area contributed by atoms with Crippen LogP contribution in [0.1, 0.15) is 50.8 Å². The molecule has 0 atom stereocenters. The van der Waals surface area contributed by atoms with Gasteiger partial charge in [-0.05, 0) is 63.4 Å². The van der Waals surface area contributed by atoms with Crippen LogP contribution >= 0.6 is 0 Å². The Hall–Kier alpha value is -1.81. The number of aryl methyl sites for hydroxylation is 1. The molecule has 0 spiro atoms. The van der Waals surface area contributed by atoms with Gasteiger partial charge in [-0.1, -0.05) is 20.3 Å². The first-order chi connectivity index (χ1) is 12.1. The van der Waals surface area contributed by atoms with E-state index in [0.29, 0.717) is 6.61 Å². The Balaban J connectivity index is 1.86. The number of ether oxygens (including phenoxy) is 1. The summed E-state index contributed by atoms with van der Waals surface area (Å²) in [5.74, 6) is 1.59. The molecular formula is C21H30N2O2. The standard InChI is InChI=1S/C21H30N2O2/c1-4-5-12-25-17-6-7-20-18(13-17)21(24)19(16(3)22-20)14-23-10-8-15(2)9-11-23/h6-7,13,15H,4-5,8-12,14H2,1-3H3,(H,22,24). The molecule has 0 bridgehead atoms. The summed E-state index contributed by atoms with van der Waals surface area (Å²) in [4.78, 5) is 18.9. The lowest BCUT2D eigenvalue weighted by atomic mass is 9.98. The number of aromatic amines is 1. The van der Waals surface area contributed by atoms with Gasteiger partial charge in [0.1, 0.15) is 5.75 Å². The molecule has 1 aromatic carbocycles. The van der Waals surface area contributed by atoms with Crippen LogP contribution in [0.15, 0.2) is 23.0 Å². The SMILES string of the molecule is CCCCOc1ccc2[nH]c(C)c(CN3CCC(C)CC3)c(=O)c2c1. The first kappa shape index (κ1) is 18.0. The minimum atomic E-state index is 0.144. The molecule has 0 unspecified atom stereocenters. The summed E-state index contributed by atoms with van der Waals surface area (Å²) in [6.07, 6.45) is 4.58. The normalized spacial score (nSPS) is 16.4. The molecule has 1 aliphatic rings. The van der Waals surface area contributed by atoms with Crippen LogP contribution in [-0.4, -0.2) is 29.6 Å². The van der Waals surface area contributed by atoms with Crippen molar-refractivity contribution in [2.75, 3.05) is 19.7 Å². The summed E-state index contributed by atoms with van der Waals surface area (Å²) < 4.78 is 5.78. The van der Waals surface area contributed by atoms with Gasteiger partial charge in [0.2, 0.25) is 0 Å². The third kappa shape index (κ3) is 4.24. The molecule has 4 heteroatoms. The van der Waals surface area contributed by atoms with Crippen molar-refractivity contribution in [3.8, 4) is 5.75 Å². The number of fused-ring (bicyclic) bond motifs is 1. The number of likely N-dealkylation sites (tertiary alicyclic amines) is 1. The van der Waals surface area contributed by atoms with E-state index in [4.69, 9.17) is 4.74 Å². The molecule has 2 heterocycles. The van der Waals surface area contributed by atoms with Gasteiger partial charge in [-0.2, -0.15) is 0 Å². The quantitative estimate of drug-likeness (QED) is 0.798. The number of nitrogens with zero attached hydrogens (tertiary/aromatic N) is 1. The Morgan fingerprint density at radius 3 is 2.76 bits per heavy atom. The number of unbranched alkanes of at least 4 members (excludes halogenated alkanes) is 1. The number of piperidine rings is 1. The minimum Gasteiger partial charge on any atom is -0.494 e. The highest BCUT2D eigenvalue weighted by molar-refractivity contribution is 5.81. The average molecular weight is 342 g/mol. The second kappa shape index (κ2) is 8.05. The Labute approximate surface area is 150 Å². The number of benzene rings is 1. The minimum absolute atomic E-state index is 0.144. The second-order valence-corrected chi connectivity index (χ2v) is 7.43. The van der Waals surface area contributed by atoms with Gasteiger partial charge in [-0.15, -0.1) is 0 Å². The molecule has 25 heavy (non-hydrogen) atoms. The van der Waals surface area contributed by atoms with Crippen LogP contribution in [0.3, 0.4) is 0 Å². The molecule has 1 aliphatic heterocycles. The first-order valence-corrected chi connectivity index (χ1v) is 9.59. The maximum absolute atomic E-state index is 13.1. The fourth-order valence-corrected chi connectivity index (χ4v) is 3.49. The van der Waals surface area contributed by atoms with Gasteiger partial charge in [-0.3, -0.25) is 9.69 Å². The van der Waals surface area contributed by atoms with E-state index in [0.717, 1.165) is 66.3 Å². The van der Waals surface area contributed by atoms with Crippen LogP contribution in [0.5, 0.6) is 5.75 Å². The van der Waals surface area contributed by atoms with Gasteiger partial charge in [0, 0.05) is 28.7 Å². The Morgan fingerprint density at radius 2 is 2.04 bits per heavy atom. The van der Waals surface area contributed by atoms with Crippen molar-refractivity contribution in [2.45, 2.75) is 53.0 Å². The molecule has 0 radical (unpaired) electrons. The van der Waals surface area contributed by atoms with Crippen LogP contribution in [0.25, 0.3) is 10.9 Å². The molecule has 2 aromatic rings. The van der Waals surface area contributed by atoms with Crippen molar-refractivity contribution >= 4 is 10.9 Å². The van der Waals surface area contributed by atoms with Crippen LogP contribution in [0, 0.1) is 12.8 Å². The number of rotatable bonds is 6. The molecular weight excluding hydrogens is 312 g/mol. The summed E-state index contributed by atoms with van der Waals surface area (Å²) in [5, 5.41) is 0.736. The third-order valence-electron chi connectivity index (χ3n) is 5.31. The van der Waals surface area contributed by atoms with E-state index < -0.39 is 0 Å². The second-order valence-electron chi connectivity index (χ2n) is 7.43. The molecule has 1 N–H and O–H groups in total. The van der Waals surface area contributed by atoms with E-state index in [2.05, 4.69) is 23.7 Å². The van der Waals surface area contributed by atoms with E-state index in [1.165, 1.54) is 12.8 Å². The maximum atomic E-state index is 13.1. The molecule has 1 aromatic heterocycles. The summed E-state index contributed by atoms with van der Waals surface area (Å²) in [6.45, 7) is 10.1. The first-order valence-electron chi connectivity index (χ1n) is 9.59. The van der Waals surface area contributed by atoms with Crippen molar-refractivity contribution < 1.29 is 4.74 Å². The topological polar surface area (TPSA) is 45.3 Å². The summed E-state index contributed by atoms with van der Waals surface area (Å²) >= 11 is 0. The van der Waals surface area contributed by atoms with Gasteiger partial charge < -0.3 is 9.72 Å². The third-order valence-corrected chi connectivity index (χ3v) is 5.31. The van der Waals surface area contributed by atoms with E-state index in [9.17, 15) is 4.79 Å². The smallest absolute Gasteiger partial charge is 0.194 e. The fourth-order valence-electron chi connectivity index (χ4n) is 3.49. The summed E-state index contributed by atoms with van der Waals surface area (Å²) in [5.41, 5.74) is 2.91. The van der Waals surface area contributed by atoms with Crippen molar-refractivity contribution in [3.63, 3.8) is 0 Å². The lowest BCUT2D eigenvalue weighted by molar-refractivity contribution is 0.184. The largest absolute Gasteiger partial charge is 0.494 e. The molecule has 3 rings (SSSR count). The lowest BCUT2D eigenvalue weighted by Crippen LogP contribution is -2.34. The van der Waals surface area contributed by atoms with Crippen molar-refractivity contribution in [1.82, 2.24) is 9.88 Å². The van der Waals surface area contributed by atoms with E-state index >= 15 is 0 Å². The summed E-state index contributed by atoms with van der Waals surface area (Å²) in [7, 11) is 0. The van der Waals surface area contributed by atoms with Crippen LogP contribution in [0.2, 0.25) is 0 Å². The Bertz CT molecular complexity index is 773. The van der Waals surface area contributed by atoms with Gasteiger partial charge in [0.15, 0.2) is 5.43 Å². The predicted octanol–water partition coefficient (Wildman–Crippen LogP) is 4.25. The number of H-pyrrole nitrogens is 1. The van der Waals surface area contributed by atoms with E-state index in [1.54, 1.807) is 0 Å². The molecule has 1 fully saturated rings. The zero-order chi connectivity index (χ0) is 17.8. The number of pyridine rings is 1. The Kier molecular flexibility index (Phi) is 5.79. The zero-order valence-electron chi connectivity index (χ0n) is 15.7. The van der Waals surface area contributed by atoms with Gasteiger partial charge in [0.05, 0.1) is 6.61 Å². The van der Waals surface area contributed by atoms with Crippen molar-refractivity contribution in [2.24, 2.45) is 5.92 Å². The monoisotopic (exact) mass is 342 g/mol. The van der Waals surface area contributed by atoms with Gasteiger partial charge >= 0.3 is 0 Å². The fraction of sp³-hybridized carbons (Fsp3) is 0.571. The Morgan fingerprint density at radius 1 is 1.28 bits per heavy atom. The predicted molar refractivity (Wildman–Crippen MR) is 103 cm³/mol. The van der Waals surface area contributed by atoms with Crippen molar-refractivity contribution in [3.05, 3.63) is 39.7 Å². The van der Waals surface area contributed by atoms with E-state index in [1.807, 2.05) is 25.1 Å². The molecule has 4 nitrogen and oxygen atoms in total. The highest BCUT2D eigenvalue weighted by Gasteiger charge is 2.19. The maximum Gasteiger partial charge on any atom is 0.194 e. The number of nitrogens with one attached hydrogen (secondary N) is 1. The average Bonchev–Trinajstić information content (AvgIpc) is 2.61.